The molecule has 0 saturated heterocycles. The minimum absolute atomic E-state index is 0.205. The summed E-state index contributed by atoms with van der Waals surface area (Å²) in [6, 6.07) is 4.10. The van der Waals surface area contributed by atoms with Gasteiger partial charge in [0, 0.05) is 6.61 Å². The Balaban J connectivity index is 2.87. The molecular formula is C13H20O2. The van der Waals surface area contributed by atoms with Crippen LogP contribution in [0.2, 0.25) is 0 Å². The third kappa shape index (κ3) is 3.24. The summed E-state index contributed by atoms with van der Waals surface area (Å²) < 4.78 is 5.59. The fraction of sp³-hybridized carbons (Fsp3) is 0.538. The molecule has 0 aromatic heterocycles. The van der Waals surface area contributed by atoms with Crippen molar-refractivity contribution in [3.63, 3.8) is 0 Å². The summed E-state index contributed by atoms with van der Waals surface area (Å²) in [5, 5.41) is 8.95. The summed E-state index contributed by atoms with van der Waals surface area (Å²) in [7, 11) is 0. The van der Waals surface area contributed by atoms with Crippen LogP contribution in [-0.2, 0) is 6.42 Å². The van der Waals surface area contributed by atoms with Crippen LogP contribution < -0.4 is 4.74 Å². The molecule has 2 heteroatoms. The van der Waals surface area contributed by atoms with Gasteiger partial charge in [0.05, 0.1) is 6.61 Å². The lowest BCUT2D eigenvalue weighted by Gasteiger charge is -2.12. The standard InChI is InChI=1S/C13H20O2/c1-4-7-15-12-8-10(2)13(5-6-14)11(3)9-12/h8-9,14H,4-7H2,1-3H3. The molecule has 1 rings (SSSR count). The molecule has 0 amide bonds. The van der Waals surface area contributed by atoms with Crippen molar-refractivity contribution in [3.8, 4) is 5.75 Å². The van der Waals surface area contributed by atoms with Gasteiger partial charge in [0.1, 0.15) is 5.75 Å². The number of aliphatic hydroxyl groups excluding tert-OH is 1. The van der Waals surface area contributed by atoms with Crippen LogP contribution in [0.5, 0.6) is 5.75 Å². The van der Waals surface area contributed by atoms with Crippen LogP contribution in [0.15, 0.2) is 12.1 Å². The van der Waals surface area contributed by atoms with Crippen molar-refractivity contribution < 1.29 is 9.84 Å². The Morgan fingerprint density at radius 1 is 1.20 bits per heavy atom. The Morgan fingerprint density at radius 2 is 1.80 bits per heavy atom. The smallest absolute Gasteiger partial charge is 0.119 e. The van der Waals surface area contributed by atoms with E-state index >= 15 is 0 Å². The van der Waals surface area contributed by atoms with Gasteiger partial charge in [0.2, 0.25) is 0 Å². The summed E-state index contributed by atoms with van der Waals surface area (Å²) in [5.74, 6) is 0.938. The first-order chi connectivity index (χ1) is 7.19. The summed E-state index contributed by atoms with van der Waals surface area (Å²) in [6.45, 7) is 7.20. The Hall–Kier alpha value is -1.02. The third-order valence-electron chi connectivity index (χ3n) is 2.50. The molecule has 2 nitrogen and oxygen atoms in total. The van der Waals surface area contributed by atoms with Crippen molar-refractivity contribution in [1.29, 1.82) is 0 Å². The number of hydrogen-bond donors (Lipinski definition) is 1. The molecule has 0 aliphatic heterocycles. The Kier molecular flexibility index (Phi) is 4.63. The van der Waals surface area contributed by atoms with Gasteiger partial charge >= 0.3 is 0 Å². The average molecular weight is 208 g/mol. The first kappa shape index (κ1) is 12.1. The molecule has 0 unspecified atom stereocenters. The summed E-state index contributed by atoms with van der Waals surface area (Å²) in [5.41, 5.74) is 3.65. The number of ether oxygens (including phenoxy) is 1. The van der Waals surface area contributed by atoms with Gasteiger partial charge < -0.3 is 9.84 Å². The molecule has 0 radical (unpaired) electrons. The van der Waals surface area contributed by atoms with Gasteiger partial charge in [-0.15, -0.1) is 0 Å². The zero-order valence-corrected chi connectivity index (χ0v) is 9.84. The lowest BCUT2D eigenvalue weighted by molar-refractivity contribution is 0.298. The summed E-state index contributed by atoms with van der Waals surface area (Å²) in [4.78, 5) is 0. The van der Waals surface area contributed by atoms with Gasteiger partial charge in [-0.1, -0.05) is 6.92 Å². The highest BCUT2D eigenvalue weighted by Gasteiger charge is 2.05. The number of aryl methyl sites for hydroxylation is 2. The second kappa shape index (κ2) is 5.76. The number of hydrogen-bond acceptors (Lipinski definition) is 2. The van der Waals surface area contributed by atoms with Crippen LogP contribution in [0.25, 0.3) is 0 Å². The van der Waals surface area contributed by atoms with Crippen LogP contribution in [0.3, 0.4) is 0 Å². The molecule has 84 valence electrons. The molecule has 0 saturated carbocycles. The molecule has 0 fully saturated rings. The zero-order valence-electron chi connectivity index (χ0n) is 9.84. The van der Waals surface area contributed by atoms with E-state index in [2.05, 4.69) is 20.8 Å². The topological polar surface area (TPSA) is 29.5 Å². The van der Waals surface area contributed by atoms with Crippen molar-refractivity contribution in [2.75, 3.05) is 13.2 Å². The Bertz CT molecular complexity index is 295. The normalized spacial score (nSPS) is 10.4. The molecule has 0 atom stereocenters. The summed E-state index contributed by atoms with van der Waals surface area (Å²) in [6.07, 6.45) is 1.75. The molecule has 15 heavy (non-hydrogen) atoms. The lowest BCUT2D eigenvalue weighted by Crippen LogP contribution is -2.01. The van der Waals surface area contributed by atoms with E-state index in [4.69, 9.17) is 9.84 Å². The number of benzene rings is 1. The van der Waals surface area contributed by atoms with E-state index in [9.17, 15) is 0 Å². The lowest BCUT2D eigenvalue weighted by atomic mass is 10.00. The highest BCUT2D eigenvalue weighted by molar-refractivity contribution is 5.41. The van der Waals surface area contributed by atoms with Crippen LogP contribution in [0.1, 0.15) is 30.0 Å². The monoisotopic (exact) mass is 208 g/mol. The maximum Gasteiger partial charge on any atom is 0.119 e. The van der Waals surface area contributed by atoms with Gasteiger partial charge in [0.25, 0.3) is 0 Å². The first-order valence-electron chi connectivity index (χ1n) is 5.52. The molecule has 1 N–H and O–H groups in total. The zero-order chi connectivity index (χ0) is 11.3. The van der Waals surface area contributed by atoms with Crippen molar-refractivity contribution >= 4 is 0 Å². The van der Waals surface area contributed by atoms with E-state index < -0.39 is 0 Å². The summed E-state index contributed by atoms with van der Waals surface area (Å²) >= 11 is 0. The molecule has 0 aliphatic carbocycles. The van der Waals surface area contributed by atoms with E-state index in [-0.39, 0.29) is 6.61 Å². The minimum Gasteiger partial charge on any atom is -0.494 e. The van der Waals surface area contributed by atoms with Gasteiger partial charge in [-0.3, -0.25) is 0 Å². The Morgan fingerprint density at radius 3 is 2.27 bits per heavy atom. The fourth-order valence-corrected chi connectivity index (χ4v) is 1.76. The average Bonchev–Trinajstić information content (AvgIpc) is 2.20. The maximum atomic E-state index is 8.95. The van der Waals surface area contributed by atoms with Crippen molar-refractivity contribution in [2.24, 2.45) is 0 Å². The quantitative estimate of drug-likeness (QED) is 0.806. The third-order valence-corrected chi connectivity index (χ3v) is 2.50. The van der Waals surface area contributed by atoms with Crippen LogP contribution in [0.4, 0.5) is 0 Å². The first-order valence-corrected chi connectivity index (χ1v) is 5.52. The Labute approximate surface area is 91.9 Å². The number of aliphatic hydroxyl groups is 1. The van der Waals surface area contributed by atoms with E-state index in [1.165, 1.54) is 16.7 Å². The fourth-order valence-electron chi connectivity index (χ4n) is 1.76. The maximum absolute atomic E-state index is 8.95. The van der Waals surface area contributed by atoms with Crippen LogP contribution >= 0.6 is 0 Å². The van der Waals surface area contributed by atoms with Crippen LogP contribution in [-0.4, -0.2) is 18.3 Å². The van der Waals surface area contributed by atoms with Crippen LogP contribution in [0, 0.1) is 13.8 Å². The molecule has 0 aliphatic rings. The largest absolute Gasteiger partial charge is 0.494 e. The predicted octanol–water partition coefficient (Wildman–Crippen LogP) is 2.63. The predicted molar refractivity (Wildman–Crippen MR) is 62.5 cm³/mol. The second-order valence-electron chi connectivity index (χ2n) is 3.86. The highest BCUT2D eigenvalue weighted by atomic mass is 16.5. The van der Waals surface area contributed by atoms with E-state index in [1.807, 2.05) is 12.1 Å². The molecular weight excluding hydrogens is 188 g/mol. The van der Waals surface area contributed by atoms with Gasteiger partial charge in [-0.25, -0.2) is 0 Å². The van der Waals surface area contributed by atoms with Crippen molar-refractivity contribution in [2.45, 2.75) is 33.6 Å². The van der Waals surface area contributed by atoms with Gasteiger partial charge in [-0.2, -0.15) is 0 Å². The van der Waals surface area contributed by atoms with E-state index in [1.54, 1.807) is 0 Å². The SMILES string of the molecule is CCCOc1cc(C)c(CCO)c(C)c1. The molecule has 0 bridgehead atoms. The van der Waals surface area contributed by atoms with Crippen molar-refractivity contribution in [1.82, 2.24) is 0 Å². The van der Waals surface area contributed by atoms with E-state index in [0.717, 1.165) is 25.2 Å². The van der Waals surface area contributed by atoms with Gasteiger partial charge in [-0.05, 0) is 55.5 Å². The van der Waals surface area contributed by atoms with Crippen molar-refractivity contribution in [3.05, 3.63) is 28.8 Å². The molecule has 1 aromatic carbocycles. The van der Waals surface area contributed by atoms with E-state index in [0.29, 0.717) is 0 Å². The molecule has 1 aromatic rings. The number of rotatable bonds is 5. The highest BCUT2D eigenvalue weighted by Crippen LogP contribution is 2.22. The van der Waals surface area contributed by atoms with Gasteiger partial charge in [0.15, 0.2) is 0 Å². The molecule has 0 heterocycles. The molecule has 0 spiro atoms. The second-order valence-corrected chi connectivity index (χ2v) is 3.86. The minimum atomic E-state index is 0.205.